The average molecular weight is 298 g/mol. The number of para-hydroxylation sites is 1. The molecule has 1 aromatic heterocycles. The summed E-state index contributed by atoms with van der Waals surface area (Å²) in [5, 5.41) is 3.43. The summed E-state index contributed by atoms with van der Waals surface area (Å²) in [5.74, 6) is 1.66. The maximum atomic E-state index is 4.68. The van der Waals surface area contributed by atoms with Gasteiger partial charge in [0, 0.05) is 25.0 Å². The van der Waals surface area contributed by atoms with Crippen molar-refractivity contribution in [2.75, 3.05) is 23.3 Å². The zero-order chi connectivity index (χ0) is 15.8. The molecule has 0 amide bonds. The largest absolute Gasteiger partial charge is 0.341 e. The summed E-state index contributed by atoms with van der Waals surface area (Å²) < 4.78 is 0. The van der Waals surface area contributed by atoms with Gasteiger partial charge in [0.05, 0.1) is 0 Å². The SMILES string of the molecule is CCCN(CCC)c1nccc(Nc2ccccc2CC)n1. The first-order valence-corrected chi connectivity index (χ1v) is 8.21. The van der Waals surface area contributed by atoms with Crippen LogP contribution in [0.3, 0.4) is 0 Å². The smallest absolute Gasteiger partial charge is 0.227 e. The summed E-state index contributed by atoms with van der Waals surface area (Å²) in [7, 11) is 0. The number of nitrogens with zero attached hydrogens (tertiary/aromatic N) is 3. The van der Waals surface area contributed by atoms with Crippen LogP contribution < -0.4 is 10.2 Å². The Morgan fingerprint density at radius 1 is 1.00 bits per heavy atom. The first-order valence-electron chi connectivity index (χ1n) is 8.21. The second-order valence-corrected chi connectivity index (χ2v) is 5.36. The van der Waals surface area contributed by atoms with Gasteiger partial charge in [0.15, 0.2) is 0 Å². The van der Waals surface area contributed by atoms with E-state index in [9.17, 15) is 0 Å². The Morgan fingerprint density at radius 2 is 1.73 bits per heavy atom. The first-order chi connectivity index (χ1) is 10.8. The minimum absolute atomic E-state index is 0.808. The van der Waals surface area contributed by atoms with Crippen molar-refractivity contribution in [2.24, 2.45) is 0 Å². The van der Waals surface area contributed by atoms with E-state index in [2.05, 4.69) is 59.2 Å². The van der Waals surface area contributed by atoms with Gasteiger partial charge in [-0.05, 0) is 37.0 Å². The molecule has 0 aliphatic carbocycles. The van der Waals surface area contributed by atoms with Gasteiger partial charge in [-0.25, -0.2) is 4.98 Å². The number of aromatic nitrogens is 2. The van der Waals surface area contributed by atoms with Crippen LogP contribution in [0.25, 0.3) is 0 Å². The van der Waals surface area contributed by atoms with Crippen LogP contribution in [-0.2, 0) is 6.42 Å². The minimum atomic E-state index is 0.808. The highest BCUT2D eigenvalue weighted by molar-refractivity contribution is 5.61. The summed E-state index contributed by atoms with van der Waals surface area (Å²) in [6, 6.07) is 10.3. The third kappa shape index (κ3) is 4.20. The molecule has 0 saturated heterocycles. The molecule has 1 aromatic carbocycles. The van der Waals surface area contributed by atoms with Gasteiger partial charge in [0.25, 0.3) is 0 Å². The van der Waals surface area contributed by atoms with Crippen LogP contribution in [0.15, 0.2) is 36.5 Å². The molecule has 0 spiro atoms. The van der Waals surface area contributed by atoms with Gasteiger partial charge in [-0.15, -0.1) is 0 Å². The molecule has 0 aliphatic heterocycles. The van der Waals surface area contributed by atoms with E-state index in [1.807, 2.05) is 18.3 Å². The summed E-state index contributed by atoms with van der Waals surface area (Å²) in [5.41, 5.74) is 2.41. The number of aryl methyl sites for hydroxylation is 1. The molecule has 4 nitrogen and oxygen atoms in total. The molecule has 1 heterocycles. The number of hydrogen-bond donors (Lipinski definition) is 1. The van der Waals surface area contributed by atoms with E-state index < -0.39 is 0 Å². The lowest BCUT2D eigenvalue weighted by molar-refractivity contribution is 0.721. The second kappa shape index (κ2) is 8.37. The van der Waals surface area contributed by atoms with Crippen LogP contribution >= 0.6 is 0 Å². The predicted octanol–water partition coefficient (Wildman–Crippen LogP) is 4.41. The van der Waals surface area contributed by atoms with Crippen molar-refractivity contribution in [3.63, 3.8) is 0 Å². The molecule has 1 N–H and O–H groups in total. The number of anilines is 3. The number of rotatable bonds is 8. The maximum absolute atomic E-state index is 4.68. The third-order valence-electron chi connectivity index (χ3n) is 3.57. The lowest BCUT2D eigenvalue weighted by Crippen LogP contribution is -2.27. The van der Waals surface area contributed by atoms with Crippen LogP contribution in [0.1, 0.15) is 39.2 Å². The third-order valence-corrected chi connectivity index (χ3v) is 3.57. The summed E-state index contributed by atoms with van der Waals surface area (Å²) in [6.07, 6.45) is 5.02. The minimum Gasteiger partial charge on any atom is -0.341 e. The molecule has 0 unspecified atom stereocenters. The molecule has 2 aromatic rings. The maximum Gasteiger partial charge on any atom is 0.227 e. The highest BCUT2D eigenvalue weighted by Gasteiger charge is 2.09. The van der Waals surface area contributed by atoms with E-state index in [-0.39, 0.29) is 0 Å². The van der Waals surface area contributed by atoms with Crippen molar-refractivity contribution in [3.05, 3.63) is 42.1 Å². The van der Waals surface area contributed by atoms with Gasteiger partial charge in [-0.1, -0.05) is 39.0 Å². The van der Waals surface area contributed by atoms with E-state index in [1.165, 1.54) is 5.56 Å². The lowest BCUT2D eigenvalue weighted by atomic mass is 10.1. The zero-order valence-corrected chi connectivity index (χ0v) is 13.8. The Morgan fingerprint density at radius 3 is 2.41 bits per heavy atom. The molecule has 0 aliphatic rings. The number of hydrogen-bond acceptors (Lipinski definition) is 4. The fraction of sp³-hybridized carbons (Fsp3) is 0.444. The van der Waals surface area contributed by atoms with Gasteiger partial charge < -0.3 is 10.2 Å². The quantitative estimate of drug-likeness (QED) is 0.784. The summed E-state index contributed by atoms with van der Waals surface area (Å²) >= 11 is 0. The monoisotopic (exact) mass is 298 g/mol. The fourth-order valence-electron chi connectivity index (χ4n) is 2.51. The average Bonchev–Trinajstić information content (AvgIpc) is 2.55. The fourth-order valence-corrected chi connectivity index (χ4v) is 2.51. The van der Waals surface area contributed by atoms with Crippen LogP contribution in [-0.4, -0.2) is 23.1 Å². The van der Waals surface area contributed by atoms with Gasteiger partial charge in [-0.3, -0.25) is 0 Å². The Labute approximate surface area is 133 Å². The molecule has 0 radical (unpaired) electrons. The van der Waals surface area contributed by atoms with Gasteiger partial charge in [0.2, 0.25) is 5.95 Å². The molecule has 0 saturated carbocycles. The Bertz CT molecular complexity index is 577. The molecule has 22 heavy (non-hydrogen) atoms. The lowest BCUT2D eigenvalue weighted by Gasteiger charge is -2.21. The molecule has 0 bridgehead atoms. The van der Waals surface area contributed by atoms with E-state index in [0.717, 1.165) is 49.8 Å². The van der Waals surface area contributed by atoms with Crippen LogP contribution in [0.5, 0.6) is 0 Å². The Hall–Kier alpha value is -2.10. The molecule has 0 fully saturated rings. The second-order valence-electron chi connectivity index (χ2n) is 5.36. The van der Waals surface area contributed by atoms with Crippen molar-refractivity contribution in [3.8, 4) is 0 Å². The van der Waals surface area contributed by atoms with E-state index in [4.69, 9.17) is 0 Å². The summed E-state index contributed by atoms with van der Waals surface area (Å²) in [6.45, 7) is 8.51. The van der Waals surface area contributed by atoms with Crippen molar-refractivity contribution >= 4 is 17.5 Å². The van der Waals surface area contributed by atoms with Crippen LogP contribution in [0.4, 0.5) is 17.5 Å². The Balaban J connectivity index is 2.20. The normalized spacial score (nSPS) is 10.5. The number of nitrogens with one attached hydrogen (secondary N) is 1. The first kappa shape index (κ1) is 16.3. The van der Waals surface area contributed by atoms with Crippen molar-refractivity contribution in [1.29, 1.82) is 0 Å². The molecule has 4 heteroatoms. The topological polar surface area (TPSA) is 41.1 Å². The Kier molecular flexibility index (Phi) is 6.19. The zero-order valence-electron chi connectivity index (χ0n) is 13.8. The summed E-state index contributed by atoms with van der Waals surface area (Å²) in [4.78, 5) is 11.4. The van der Waals surface area contributed by atoms with Crippen LogP contribution in [0, 0.1) is 0 Å². The molecule has 0 atom stereocenters. The highest BCUT2D eigenvalue weighted by atomic mass is 15.3. The van der Waals surface area contributed by atoms with E-state index >= 15 is 0 Å². The van der Waals surface area contributed by atoms with Gasteiger partial charge >= 0.3 is 0 Å². The standard InChI is InChI=1S/C18H26N4/c1-4-13-22(14-5-2)18-19-12-11-17(21-18)20-16-10-8-7-9-15(16)6-3/h7-12H,4-6,13-14H2,1-3H3,(H,19,20,21). The van der Waals surface area contributed by atoms with Crippen LogP contribution in [0.2, 0.25) is 0 Å². The molecule has 118 valence electrons. The predicted molar refractivity (Wildman–Crippen MR) is 93.9 cm³/mol. The highest BCUT2D eigenvalue weighted by Crippen LogP contribution is 2.21. The van der Waals surface area contributed by atoms with Crippen molar-refractivity contribution in [1.82, 2.24) is 9.97 Å². The van der Waals surface area contributed by atoms with E-state index in [0.29, 0.717) is 0 Å². The van der Waals surface area contributed by atoms with Crippen molar-refractivity contribution in [2.45, 2.75) is 40.0 Å². The molecular weight excluding hydrogens is 272 g/mol. The van der Waals surface area contributed by atoms with Crippen molar-refractivity contribution < 1.29 is 0 Å². The van der Waals surface area contributed by atoms with Gasteiger partial charge in [0.1, 0.15) is 5.82 Å². The van der Waals surface area contributed by atoms with E-state index in [1.54, 1.807) is 0 Å². The number of benzene rings is 1. The van der Waals surface area contributed by atoms with Gasteiger partial charge in [-0.2, -0.15) is 4.98 Å². The molecular formula is C18H26N4. The molecule has 2 rings (SSSR count).